The maximum Gasteiger partial charge on any atom is 0.119 e. The zero-order chi connectivity index (χ0) is 15.0. The molecule has 115 valence electrons. The predicted octanol–water partition coefficient (Wildman–Crippen LogP) is 2.58. The average molecular weight is 295 g/mol. The summed E-state index contributed by atoms with van der Waals surface area (Å²) < 4.78 is 5.84. The molecule has 2 aromatic carbocycles. The Morgan fingerprint density at radius 3 is 2.27 bits per heavy atom. The lowest BCUT2D eigenvalue weighted by Gasteiger charge is -2.25. The van der Waals surface area contributed by atoms with E-state index in [4.69, 9.17) is 4.74 Å². The summed E-state index contributed by atoms with van der Waals surface area (Å²) in [5.41, 5.74) is 2.66. The van der Waals surface area contributed by atoms with Crippen molar-refractivity contribution in [2.45, 2.75) is 6.42 Å². The molecule has 0 spiro atoms. The van der Waals surface area contributed by atoms with Crippen molar-refractivity contribution in [3.8, 4) is 5.75 Å². The number of piperazine rings is 1. The molecule has 3 heteroatoms. The molecule has 3 nitrogen and oxygen atoms in total. The summed E-state index contributed by atoms with van der Waals surface area (Å²) in [5.74, 6) is 0.957. The zero-order valence-corrected chi connectivity index (χ0v) is 12.9. The second-order valence-corrected chi connectivity index (χ2v) is 5.67. The van der Waals surface area contributed by atoms with E-state index >= 15 is 0 Å². The highest BCUT2D eigenvalue weighted by atomic mass is 16.5. The smallest absolute Gasteiger partial charge is 0.119 e. The Morgan fingerprint density at radius 1 is 0.864 bits per heavy atom. The fourth-order valence-corrected chi connectivity index (χ4v) is 2.70. The second kappa shape index (κ2) is 7.97. The number of hydrogen-bond donors (Lipinski definition) is 0. The van der Waals surface area contributed by atoms with Crippen LogP contribution in [0.4, 0.5) is 0 Å². The minimum atomic E-state index is 0.748. The Kier molecular flexibility index (Phi) is 5.46. The molecule has 0 saturated carbocycles. The highest BCUT2D eigenvalue weighted by Gasteiger charge is 2.09. The molecule has 0 atom stereocenters. The fraction of sp³-hybridized carbons (Fsp3) is 0.368. The topological polar surface area (TPSA) is 26.6 Å². The largest absolute Gasteiger partial charge is 0.492 e. The molecule has 3 rings (SSSR count). The van der Waals surface area contributed by atoms with Crippen molar-refractivity contribution in [3.63, 3.8) is 0 Å². The molecule has 0 aliphatic carbocycles. The molecule has 1 aliphatic rings. The molecule has 22 heavy (non-hydrogen) atoms. The van der Waals surface area contributed by atoms with Crippen LogP contribution in [0, 0.1) is 0 Å². The molecular formula is C19H23N2O. The molecule has 1 heterocycles. The Bertz CT molecular complexity index is 547. The van der Waals surface area contributed by atoms with E-state index in [1.54, 1.807) is 0 Å². The number of rotatable bonds is 6. The van der Waals surface area contributed by atoms with E-state index < -0.39 is 0 Å². The third kappa shape index (κ3) is 4.58. The van der Waals surface area contributed by atoms with Gasteiger partial charge in [-0.15, -0.1) is 0 Å². The van der Waals surface area contributed by atoms with Gasteiger partial charge in [0.25, 0.3) is 0 Å². The minimum absolute atomic E-state index is 0.748. The van der Waals surface area contributed by atoms with Crippen molar-refractivity contribution in [1.82, 2.24) is 10.2 Å². The zero-order valence-electron chi connectivity index (χ0n) is 12.9. The number of benzene rings is 2. The van der Waals surface area contributed by atoms with Gasteiger partial charge in [-0.1, -0.05) is 42.5 Å². The van der Waals surface area contributed by atoms with Gasteiger partial charge in [-0.2, -0.15) is 0 Å². The highest BCUT2D eigenvalue weighted by molar-refractivity contribution is 5.31. The third-order valence-corrected chi connectivity index (χ3v) is 4.00. The van der Waals surface area contributed by atoms with Crippen molar-refractivity contribution < 1.29 is 4.74 Å². The van der Waals surface area contributed by atoms with E-state index in [0.29, 0.717) is 0 Å². The van der Waals surface area contributed by atoms with Crippen LogP contribution in [0.5, 0.6) is 5.75 Å². The number of nitrogens with zero attached hydrogens (tertiary/aromatic N) is 2. The van der Waals surface area contributed by atoms with Crippen LogP contribution in [-0.4, -0.2) is 44.2 Å². The SMILES string of the molecule is c1ccc(Cc2ccc(OCCN3CC[N]CC3)cc2)cc1. The monoisotopic (exact) mass is 295 g/mol. The molecule has 0 amide bonds. The van der Waals surface area contributed by atoms with Crippen LogP contribution in [0.15, 0.2) is 54.6 Å². The van der Waals surface area contributed by atoms with Crippen LogP contribution in [0.1, 0.15) is 11.1 Å². The van der Waals surface area contributed by atoms with E-state index in [9.17, 15) is 0 Å². The van der Waals surface area contributed by atoms with Gasteiger partial charge < -0.3 is 4.74 Å². The first-order valence-electron chi connectivity index (χ1n) is 8.01. The van der Waals surface area contributed by atoms with E-state index in [-0.39, 0.29) is 0 Å². The Hall–Kier alpha value is -1.84. The van der Waals surface area contributed by atoms with Gasteiger partial charge in [0, 0.05) is 32.7 Å². The standard InChI is InChI=1S/C19H23N2O/c1-2-4-17(5-3-1)16-18-6-8-19(9-7-18)22-15-14-21-12-10-20-11-13-21/h1-9H,10-16H2. The third-order valence-electron chi connectivity index (χ3n) is 4.00. The van der Waals surface area contributed by atoms with E-state index in [1.165, 1.54) is 11.1 Å². The van der Waals surface area contributed by atoms with Crippen molar-refractivity contribution >= 4 is 0 Å². The molecule has 1 radical (unpaired) electrons. The quantitative estimate of drug-likeness (QED) is 0.819. The summed E-state index contributed by atoms with van der Waals surface area (Å²) in [6.07, 6.45) is 0.971. The summed E-state index contributed by atoms with van der Waals surface area (Å²) in [6.45, 7) is 5.81. The predicted molar refractivity (Wildman–Crippen MR) is 89.5 cm³/mol. The van der Waals surface area contributed by atoms with Gasteiger partial charge in [0.05, 0.1) is 0 Å². The van der Waals surface area contributed by atoms with Gasteiger partial charge >= 0.3 is 0 Å². The van der Waals surface area contributed by atoms with E-state index in [1.807, 2.05) is 0 Å². The average Bonchev–Trinajstić information content (AvgIpc) is 2.58. The summed E-state index contributed by atoms with van der Waals surface area (Å²) >= 11 is 0. The van der Waals surface area contributed by atoms with Crippen molar-refractivity contribution in [1.29, 1.82) is 0 Å². The van der Waals surface area contributed by atoms with Crippen molar-refractivity contribution in [2.24, 2.45) is 0 Å². The summed E-state index contributed by atoms with van der Waals surface area (Å²) in [6, 6.07) is 19.0. The molecule has 0 N–H and O–H groups in total. The van der Waals surface area contributed by atoms with Crippen LogP contribution >= 0.6 is 0 Å². The summed E-state index contributed by atoms with van der Waals surface area (Å²) in [5, 5.41) is 4.36. The Balaban J connectivity index is 1.45. The molecule has 1 aliphatic heterocycles. The van der Waals surface area contributed by atoms with Gasteiger partial charge in [-0.25, -0.2) is 5.32 Å². The molecular weight excluding hydrogens is 272 g/mol. The van der Waals surface area contributed by atoms with Crippen LogP contribution in [0.3, 0.4) is 0 Å². The van der Waals surface area contributed by atoms with Gasteiger partial charge in [-0.3, -0.25) is 4.90 Å². The normalized spacial score (nSPS) is 15.6. The fourth-order valence-electron chi connectivity index (χ4n) is 2.70. The number of hydrogen-bond acceptors (Lipinski definition) is 2. The van der Waals surface area contributed by atoms with Crippen molar-refractivity contribution in [3.05, 3.63) is 65.7 Å². The van der Waals surface area contributed by atoms with E-state index in [0.717, 1.165) is 51.5 Å². The number of ether oxygens (including phenoxy) is 1. The van der Waals surface area contributed by atoms with Gasteiger partial charge in [0.15, 0.2) is 0 Å². The van der Waals surface area contributed by atoms with Gasteiger partial charge in [0.1, 0.15) is 12.4 Å². The summed E-state index contributed by atoms with van der Waals surface area (Å²) in [7, 11) is 0. The molecule has 2 aromatic rings. The molecule has 0 aromatic heterocycles. The van der Waals surface area contributed by atoms with Gasteiger partial charge in [-0.05, 0) is 29.7 Å². The molecule has 1 saturated heterocycles. The first-order valence-corrected chi connectivity index (χ1v) is 8.01. The van der Waals surface area contributed by atoms with Crippen LogP contribution in [0.2, 0.25) is 0 Å². The molecule has 1 fully saturated rings. The first kappa shape index (κ1) is 15.1. The second-order valence-electron chi connectivity index (χ2n) is 5.67. The summed E-state index contributed by atoms with van der Waals surface area (Å²) in [4.78, 5) is 2.41. The van der Waals surface area contributed by atoms with Gasteiger partial charge in [0.2, 0.25) is 0 Å². The van der Waals surface area contributed by atoms with Crippen LogP contribution in [0.25, 0.3) is 0 Å². The Morgan fingerprint density at radius 2 is 1.55 bits per heavy atom. The molecule has 0 unspecified atom stereocenters. The minimum Gasteiger partial charge on any atom is -0.492 e. The maximum absolute atomic E-state index is 5.84. The highest BCUT2D eigenvalue weighted by Crippen LogP contribution is 2.15. The molecule has 0 bridgehead atoms. The van der Waals surface area contributed by atoms with Crippen LogP contribution in [-0.2, 0) is 6.42 Å². The lowest BCUT2D eigenvalue weighted by molar-refractivity contribution is 0.190. The van der Waals surface area contributed by atoms with E-state index in [2.05, 4.69) is 64.8 Å². The van der Waals surface area contributed by atoms with Crippen molar-refractivity contribution in [2.75, 3.05) is 39.3 Å². The lowest BCUT2D eigenvalue weighted by Crippen LogP contribution is -2.42. The van der Waals surface area contributed by atoms with Crippen LogP contribution < -0.4 is 10.1 Å². The lowest BCUT2D eigenvalue weighted by atomic mass is 10.1. The Labute approximate surface area is 132 Å². The maximum atomic E-state index is 5.84. The first-order chi connectivity index (χ1) is 10.9.